The molecular weight excluding hydrogens is 420 g/mol. The lowest BCUT2D eigenvalue weighted by Crippen LogP contribution is -2.25. The molecule has 0 aliphatic heterocycles. The maximum absolute atomic E-state index is 12.0. The number of para-hydroxylation sites is 2. The second kappa shape index (κ2) is 9.50. The molecule has 0 spiro atoms. The summed E-state index contributed by atoms with van der Waals surface area (Å²) in [5.74, 6) is -0.228. The molecule has 0 amide bonds. The Morgan fingerprint density at radius 3 is 2.00 bits per heavy atom. The monoisotopic (exact) mass is 438 g/mol. The van der Waals surface area contributed by atoms with E-state index in [0.29, 0.717) is 5.56 Å². The van der Waals surface area contributed by atoms with Crippen molar-refractivity contribution in [2.24, 2.45) is 0 Å². The van der Waals surface area contributed by atoms with Gasteiger partial charge in [-0.25, -0.2) is 0 Å². The molecule has 4 rings (SSSR count). The van der Waals surface area contributed by atoms with Gasteiger partial charge in [-0.05, 0) is 40.2 Å². The standard InChI is InChI=1S/C13H13NO3.C9H6BrN/c1-16-13(17-2)12(15)10-7-9-5-3-4-6-11(9)14-8-10;10-8-5-7-3-1-2-4-9(7)11-6-8/h3-8,13H,1-2H3;1-6H. The molecule has 28 heavy (non-hydrogen) atoms. The number of benzene rings is 2. The molecule has 0 bridgehead atoms. The maximum atomic E-state index is 12.0. The highest BCUT2D eigenvalue weighted by Gasteiger charge is 2.19. The summed E-state index contributed by atoms with van der Waals surface area (Å²) in [5.41, 5.74) is 2.38. The van der Waals surface area contributed by atoms with Gasteiger partial charge in [-0.3, -0.25) is 14.8 Å². The summed E-state index contributed by atoms with van der Waals surface area (Å²) >= 11 is 3.37. The predicted molar refractivity (Wildman–Crippen MR) is 113 cm³/mol. The summed E-state index contributed by atoms with van der Waals surface area (Å²) in [6.45, 7) is 0. The van der Waals surface area contributed by atoms with Crippen LogP contribution in [0.5, 0.6) is 0 Å². The maximum Gasteiger partial charge on any atom is 0.222 e. The summed E-state index contributed by atoms with van der Waals surface area (Å²) < 4.78 is 10.9. The first-order valence-corrected chi connectivity index (χ1v) is 9.36. The number of Topliss-reactive ketones (excluding diaryl/α,β-unsaturated/α-hetero) is 1. The third-order valence-corrected chi connectivity index (χ3v) is 4.51. The molecule has 4 aromatic rings. The number of fused-ring (bicyclic) bond motifs is 2. The molecule has 0 unspecified atom stereocenters. The molecule has 6 heteroatoms. The fourth-order valence-electron chi connectivity index (χ4n) is 2.70. The van der Waals surface area contributed by atoms with Crippen molar-refractivity contribution in [1.82, 2.24) is 9.97 Å². The third kappa shape index (κ3) is 4.78. The number of rotatable bonds is 4. The van der Waals surface area contributed by atoms with E-state index in [0.717, 1.165) is 20.9 Å². The van der Waals surface area contributed by atoms with Gasteiger partial charge in [0.05, 0.1) is 11.0 Å². The molecule has 0 fully saturated rings. The summed E-state index contributed by atoms with van der Waals surface area (Å²) in [5, 5.41) is 2.09. The predicted octanol–water partition coefficient (Wildman–Crippen LogP) is 5.03. The number of pyridine rings is 2. The topological polar surface area (TPSA) is 61.3 Å². The van der Waals surface area contributed by atoms with Crippen LogP contribution in [0.2, 0.25) is 0 Å². The molecule has 5 nitrogen and oxygen atoms in total. The van der Waals surface area contributed by atoms with Gasteiger partial charge in [0.25, 0.3) is 0 Å². The van der Waals surface area contributed by atoms with Crippen molar-refractivity contribution >= 4 is 43.5 Å². The molecule has 2 aromatic heterocycles. The summed E-state index contributed by atoms with van der Waals surface area (Å²) in [4.78, 5) is 20.4. The molecule has 0 saturated carbocycles. The fraction of sp³-hybridized carbons (Fsp3) is 0.136. The number of ketones is 1. The van der Waals surface area contributed by atoms with Crippen molar-refractivity contribution < 1.29 is 14.3 Å². The van der Waals surface area contributed by atoms with Crippen LogP contribution < -0.4 is 0 Å². The number of halogens is 1. The summed E-state index contributed by atoms with van der Waals surface area (Å²) in [6.07, 6.45) is 2.47. The van der Waals surface area contributed by atoms with Gasteiger partial charge in [-0.2, -0.15) is 0 Å². The molecule has 0 N–H and O–H groups in total. The average Bonchev–Trinajstić information content (AvgIpc) is 2.74. The van der Waals surface area contributed by atoms with Crippen molar-refractivity contribution in [3.05, 3.63) is 83.1 Å². The minimum atomic E-state index is -0.877. The van der Waals surface area contributed by atoms with Crippen molar-refractivity contribution in [2.75, 3.05) is 14.2 Å². The first-order valence-electron chi connectivity index (χ1n) is 8.57. The van der Waals surface area contributed by atoms with Crippen LogP contribution in [0, 0.1) is 0 Å². The highest BCUT2D eigenvalue weighted by atomic mass is 79.9. The van der Waals surface area contributed by atoms with Crippen LogP contribution >= 0.6 is 15.9 Å². The minimum absolute atomic E-state index is 0.228. The first kappa shape index (κ1) is 20.1. The lowest BCUT2D eigenvalue weighted by Gasteiger charge is -2.11. The number of hydrogen-bond donors (Lipinski definition) is 0. The van der Waals surface area contributed by atoms with Gasteiger partial charge in [-0.1, -0.05) is 36.4 Å². The molecule has 0 aliphatic carbocycles. The van der Waals surface area contributed by atoms with Crippen LogP contribution in [0.25, 0.3) is 21.8 Å². The largest absolute Gasteiger partial charge is 0.349 e. The Balaban J connectivity index is 0.000000176. The van der Waals surface area contributed by atoms with E-state index in [-0.39, 0.29) is 5.78 Å². The molecular formula is C22H19BrN2O3. The van der Waals surface area contributed by atoms with Crippen molar-refractivity contribution in [3.8, 4) is 0 Å². The molecule has 0 aliphatic rings. The Kier molecular flexibility index (Phi) is 6.81. The van der Waals surface area contributed by atoms with E-state index < -0.39 is 6.29 Å². The number of ether oxygens (including phenoxy) is 2. The van der Waals surface area contributed by atoms with Crippen LogP contribution in [0.3, 0.4) is 0 Å². The zero-order chi connectivity index (χ0) is 19.9. The van der Waals surface area contributed by atoms with E-state index >= 15 is 0 Å². The number of carbonyl (C=O) groups excluding carboxylic acids is 1. The normalized spacial score (nSPS) is 10.7. The second-order valence-corrected chi connectivity index (χ2v) is 6.85. The SMILES string of the molecule is Brc1cnc2ccccc2c1.COC(OC)C(=O)c1cnc2ccccc2c1. The first-order chi connectivity index (χ1) is 13.6. The van der Waals surface area contributed by atoms with E-state index in [1.165, 1.54) is 25.8 Å². The quantitative estimate of drug-likeness (QED) is 0.330. The van der Waals surface area contributed by atoms with E-state index in [1.54, 1.807) is 6.07 Å². The van der Waals surface area contributed by atoms with E-state index in [2.05, 4.69) is 32.0 Å². The number of nitrogens with zero attached hydrogens (tertiary/aromatic N) is 2. The van der Waals surface area contributed by atoms with Crippen molar-refractivity contribution in [1.29, 1.82) is 0 Å². The third-order valence-electron chi connectivity index (χ3n) is 4.07. The Hall–Kier alpha value is -2.67. The Morgan fingerprint density at radius 1 is 0.857 bits per heavy atom. The minimum Gasteiger partial charge on any atom is -0.349 e. The fourth-order valence-corrected chi connectivity index (χ4v) is 3.05. The van der Waals surface area contributed by atoms with Gasteiger partial charge < -0.3 is 9.47 Å². The molecule has 2 aromatic carbocycles. The average molecular weight is 439 g/mol. The summed E-state index contributed by atoms with van der Waals surface area (Å²) in [7, 11) is 2.86. The number of carbonyl (C=O) groups is 1. The molecule has 0 saturated heterocycles. The zero-order valence-corrected chi connectivity index (χ0v) is 17.1. The highest BCUT2D eigenvalue weighted by molar-refractivity contribution is 9.10. The van der Waals surface area contributed by atoms with E-state index in [9.17, 15) is 4.79 Å². The van der Waals surface area contributed by atoms with Crippen LogP contribution in [0.4, 0.5) is 0 Å². The highest BCUT2D eigenvalue weighted by Crippen LogP contribution is 2.16. The van der Waals surface area contributed by atoms with E-state index in [4.69, 9.17) is 9.47 Å². The summed E-state index contributed by atoms with van der Waals surface area (Å²) in [6, 6.07) is 19.5. The van der Waals surface area contributed by atoms with Gasteiger partial charge in [-0.15, -0.1) is 0 Å². The van der Waals surface area contributed by atoms with Crippen molar-refractivity contribution in [2.45, 2.75) is 6.29 Å². The lowest BCUT2D eigenvalue weighted by molar-refractivity contribution is -0.0742. The zero-order valence-electron chi connectivity index (χ0n) is 15.5. The second-order valence-electron chi connectivity index (χ2n) is 5.93. The lowest BCUT2D eigenvalue weighted by atomic mass is 10.1. The van der Waals surface area contributed by atoms with Gasteiger partial charge in [0.2, 0.25) is 12.1 Å². The Morgan fingerprint density at radius 2 is 1.39 bits per heavy atom. The van der Waals surface area contributed by atoms with Crippen LogP contribution in [-0.2, 0) is 9.47 Å². The smallest absolute Gasteiger partial charge is 0.222 e. The van der Waals surface area contributed by atoms with Crippen LogP contribution in [-0.4, -0.2) is 36.3 Å². The molecule has 142 valence electrons. The van der Waals surface area contributed by atoms with Crippen molar-refractivity contribution in [3.63, 3.8) is 0 Å². The molecule has 2 heterocycles. The number of methoxy groups -OCH3 is 2. The van der Waals surface area contributed by atoms with Gasteiger partial charge >= 0.3 is 0 Å². The Bertz CT molecular complexity index is 1100. The van der Waals surface area contributed by atoms with Gasteiger partial charge in [0, 0.05) is 47.4 Å². The van der Waals surface area contributed by atoms with Crippen LogP contribution in [0.1, 0.15) is 10.4 Å². The van der Waals surface area contributed by atoms with Gasteiger partial charge in [0.1, 0.15) is 0 Å². The number of aromatic nitrogens is 2. The van der Waals surface area contributed by atoms with Crippen LogP contribution in [0.15, 0.2) is 77.5 Å². The number of hydrogen-bond acceptors (Lipinski definition) is 5. The van der Waals surface area contributed by atoms with E-state index in [1.807, 2.05) is 54.7 Å². The molecule has 0 radical (unpaired) electrons. The molecule has 0 atom stereocenters. The van der Waals surface area contributed by atoms with Gasteiger partial charge in [0.15, 0.2) is 0 Å². The Labute approximate surface area is 171 Å².